The number of nitrogens with zero attached hydrogens (tertiary/aromatic N) is 1. The van der Waals surface area contributed by atoms with Crippen molar-refractivity contribution in [1.82, 2.24) is 10.2 Å². The molecule has 1 rings (SSSR count). The van der Waals surface area contributed by atoms with E-state index in [0.717, 1.165) is 12.7 Å². The van der Waals surface area contributed by atoms with Gasteiger partial charge in [0.05, 0.1) is 6.04 Å². The van der Waals surface area contributed by atoms with Gasteiger partial charge < -0.3 is 10.1 Å². The van der Waals surface area contributed by atoms with E-state index in [0.29, 0.717) is 6.42 Å². The van der Waals surface area contributed by atoms with Crippen molar-refractivity contribution < 1.29 is 19.2 Å². The summed E-state index contributed by atoms with van der Waals surface area (Å²) >= 11 is 0. The molecule has 0 radical (unpaired) electrons. The number of rotatable bonds is 9. The first kappa shape index (κ1) is 23.3. The summed E-state index contributed by atoms with van der Waals surface area (Å²) in [6, 6.07) is -0.551. The van der Waals surface area contributed by atoms with E-state index >= 15 is 0 Å². The molecule has 0 aromatic rings. The molecular formula is C21H36N2O4. The highest BCUT2D eigenvalue weighted by Crippen LogP contribution is 2.38. The second kappa shape index (κ2) is 8.53. The number of likely N-dealkylation sites (tertiary alicyclic amines) is 1. The second-order valence-corrected chi connectivity index (χ2v) is 9.52. The molecule has 1 aliphatic rings. The van der Waals surface area contributed by atoms with Crippen LogP contribution in [0.2, 0.25) is 0 Å². The van der Waals surface area contributed by atoms with E-state index in [2.05, 4.69) is 5.32 Å². The predicted octanol–water partition coefficient (Wildman–Crippen LogP) is 2.94. The lowest BCUT2D eigenvalue weighted by molar-refractivity contribution is -0.149. The Labute approximate surface area is 163 Å². The number of nitrogens with one attached hydrogen (secondary N) is 1. The van der Waals surface area contributed by atoms with Crippen LogP contribution < -0.4 is 5.32 Å². The monoisotopic (exact) mass is 380 g/mol. The molecule has 0 saturated carbocycles. The largest absolute Gasteiger partial charge is 0.346 e. The lowest BCUT2D eigenvalue weighted by atomic mass is 9.78. The average molecular weight is 381 g/mol. The van der Waals surface area contributed by atoms with Gasteiger partial charge in [-0.15, -0.1) is 0 Å². The summed E-state index contributed by atoms with van der Waals surface area (Å²) in [5, 5.41) is 2.78. The number of carbonyl (C=O) groups is 4. The van der Waals surface area contributed by atoms with Gasteiger partial charge in [-0.05, 0) is 32.1 Å². The van der Waals surface area contributed by atoms with Crippen LogP contribution in [0.25, 0.3) is 0 Å². The second-order valence-electron chi connectivity index (χ2n) is 9.52. The molecule has 3 atom stereocenters. The highest BCUT2D eigenvalue weighted by molar-refractivity contribution is 6.04. The zero-order chi connectivity index (χ0) is 21.2. The summed E-state index contributed by atoms with van der Waals surface area (Å²) in [5.41, 5.74) is -1.62. The summed E-state index contributed by atoms with van der Waals surface area (Å²) in [4.78, 5) is 50.8. The van der Waals surface area contributed by atoms with Crippen LogP contribution in [0.5, 0.6) is 0 Å². The Bertz CT molecular complexity index is 595. The van der Waals surface area contributed by atoms with E-state index < -0.39 is 17.0 Å². The van der Waals surface area contributed by atoms with Gasteiger partial charge >= 0.3 is 0 Å². The molecule has 3 unspecified atom stereocenters. The predicted molar refractivity (Wildman–Crippen MR) is 105 cm³/mol. The van der Waals surface area contributed by atoms with Gasteiger partial charge in [-0.1, -0.05) is 48.0 Å². The van der Waals surface area contributed by atoms with E-state index in [4.69, 9.17) is 0 Å². The van der Waals surface area contributed by atoms with E-state index in [9.17, 15) is 19.2 Å². The van der Waals surface area contributed by atoms with Gasteiger partial charge in [0.1, 0.15) is 6.29 Å². The lowest BCUT2D eigenvalue weighted by Gasteiger charge is -2.40. The molecule has 3 amide bonds. The fraction of sp³-hybridized carbons (Fsp3) is 0.810. The molecule has 27 heavy (non-hydrogen) atoms. The third-order valence-corrected chi connectivity index (χ3v) is 5.77. The number of amides is 3. The summed E-state index contributed by atoms with van der Waals surface area (Å²) < 4.78 is 0. The van der Waals surface area contributed by atoms with E-state index in [1.54, 1.807) is 13.8 Å². The highest BCUT2D eigenvalue weighted by atomic mass is 16.2. The SMILES string of the molecule is CCC(C)C1CC(=O)N(C(C)(C)CC(C)(C)C(=O)NC(C=O)C(C)C)C1=O. The Morgan fingerprint density at radius 3 is 2.22 bits per heavy atom. The van der Waals surface area contributed by atoms with Crippen LogP contribution in [0.1, 0.15) is 74.7 Å². The van der Waals surface area contributed by atoms with Crippen LogP contribution in [0, 0.1) is 23.2 Å². The third kappa shape index (κ3) is 5.17. The zero-order valence-corrected chi connectivity index (χ0v) is 18.1. The van der Waals surface area contributed by atoms with Gasteiger partial charge in [0, 0.05) is 23.3 Å². The molecule has 0 aliphatic carbocycles. The van der Waals surface area contributed by atoms with E-state index in [1.807, 2.05) is 41.5 Å². The minimum atomic E-state index is -0.839. The molecule has 1 fully saturated rings. The first-order valence-corrected chi connectivity index (χ1v) is 9.91. The molecule has 6 heteroatoms. The number of hydrogen-bond acceptors (Lipinski definition) is 4. The topological polar surface area (TPSA) is 83.6 Å². The van der Waals surface area contributed by atoms with Gasteiger partial charge in [-0.2, -0.15) is 0 Å². The maximum Gasteiger partial charge on any atom is 0.233 e. The quantitative estimate of drug-likeness (QED) is 0.492. The highest BCUT2D eigenvalue weighted by Gasteiger charge is 2.49. The minimum absolute atomic E-state index is 0.00622. The van der Waals surface area contributed by atoms with Crippen molar-refractivity contribution in [3.63, 3.8) is 0 Å². The van der Waals surface area contributed by atoms with Crippen molar-refractivity contribution in [3.05, 3.63) is 0 Å². The molecule has 154 valence electrons. The summed E-state index contributed by atoms with van der Waals surface area (Å²) in [6.45, 7) is 15.0. The molecule has 1 heterocycles. The summed E-state index contributed by atoms with van der Waals surface area (Å²) in [6.07, 6.45) is 2.15. The molecule has 1 aliphatic heterocycles. The Morgan fingerprint density at radius 2 is 1.78 bits per heavy atom. The molecule has 0 aromatic heterocycles. The summed E-state index contributed by atoms with van der Waals surface area (Å²) in [7, 11) is 0. The van der Waals surface area contributed by atoms with Crippen molar-refractivity contribution in [2.75, 3.05) is 0 Å². The van der Waals surface area contributed by atoms with Crippen molar-refractivity contribution in [1.29, 1.82) is 0 Å². The van der Waals surface area contributed by atoms with Crippen LogP contribution in [0.3, 0.4) is 0 Å². The number of aldehydes is 1. The van der Waals surface area contributed by atoms with Crippen molar-refractivity contribution >= 4 is 24.0 Å². The van der Waals surface area contributed by atoms with Crippen LogP contribution >= 0.6 is 0 Å². The normalized spacial score (nSPS) is 20.8. The standard InChI is InChI=1S/C21H36N2O4/c1-9-14(4)15-10-17(25)23(18(15)26)21(7,8)12-20(5,6)19(27)22-16(11-24)13(2)3/h11,13-16H,9-10,12H2,1-8H3,(H,22,27). The van der Waals surface area contributed by atoms with Gasteiger partial charge in [-0.3, -0.25) is 19.3 Å². The van der Waals surface area contributed by atoms with E-state index in [-0.39, 0.29) is 41.9 Å². The van der Waals surface area contributed by atoms with Gasteiger partial charge in [0.2, 0.25) is 17.7 Å². The minimum Gasteiger partial charge on any atom is -0.346 e. The molecule has 0 spiro atoms. The molecule has 6 nitrogen and oxygen atoms in total. The maximum absolute atomic E-state index is 12.9. The van der Waals surface area contributed by atoms with Crippen LogP contribution in [-0.4, -0.2) is 40.5 Å². The summed E-state index contributed by atoms with van der Waals surface area (Å²) in [5.74, 6) is -0.688. The van der Waals surface area contributed by atoms with Gasteiger partial charge in [-0.25, -0.2) is 0 Å². The molecule has 1 saturated heterocycles. The van der Waals surface area contributed by atoms with E-state index in [1.165, 1.54) is 4.90 Å². The fourth-order valence-electron chi connectivity index (χ4n) is 3.97. The molecule has 0 bridgehead atoms. The number of imide groups is 1. The zero-order valence-electron chi connectivity index (χ0n) is 18.1. The van der Waals surface area contributed by atoms with Crippen LogP contribution in [-0.2, 0) is 19.2 Å². The molecule has 1 N–H and O–H groups in total. The number of carbonyl (C=O) groups excluding carboxylic acids is 4. The van der Waals surface area contributed by atoms with Gasteiger partial charge in [0.15, 0.2) is 0 Å². The van der Waals surface area contributed by atoms with Crippen molar-refractivity contribution in [2.24, 2.45) is 23.2 Å². The average Bonchev–Trinajstić information content (AvgIpc) is 2.85. The maximum atomic E-state index is 12.9. The Balaban J connectivity index is 2.97. The molecule has 0 aromatic carbocycles. The van der Waals surface area contributed by atoms with Crippen molar-refractivity contribution in [2.45, 2.75) is 86.2 Å². The molecular weight excluding hydrogens is 344 g/mol. The fourth-order valence-corrected chi connectivity index (χ4v) is 3.97. The first-order chi connectivity index (χ1) is 12.3. The Morgan fingerprint density at radius 1 is 1.22 bits per heavy atom. The third-order valence-electron chi connectivity index (χ3n) is 5.77. The lowest BCUT2D eigenvalue weighted by Crippen LogP contribution is -2.54. The van der Waals surface area contributed by atoms with Crippen LogP contribution in [0.15, 0.2) is 0 Å². The number of hydrogen-bond donors (Lipinski definition) is 1. The Kier molecular flexibility index (Phi) is 7.37. The van der Waals surface area contributed by atoms with Crippen LogP contribution in [0.4, 0.5) is 0 Å². The van der Waals surface area contributed by atoms with Crippen molar-refractivity contribution in [3.8, 4) is 0 Å². The van der Waals surface area contributed by atoms with Gasteiger partial charge in [0.25, 0.3) is 0 Å². The smallest absolute Gasteiger partial charge is 0.233 e. The first-order valence-electron chi connectivity index (χ1n) is 9.91. The Hall–Kier alpha value is -1.72.